The minimum atomic E-state index is -4.52. The third kappa shape index (κ3) is 7.53. The average Bonchev–Trinajstić information content (AvgIpc) is 3.16. The van der Waals surface area contributed by atoms with Gasteiger partial charge in [-0.2, -0.15) is 16.8 Å². The Morgan fingerprint density at radius 1 is 1.35 bits per heavy atom. The quantitative estimate of drug-likeness (QED) is 0.0790. The smallest absolute Gasteiger partial charge is 0.459 e. The van der Waals surface area contributed by atoms with E-state index in [1.807, 2.05) is 11.2 Å². The summed E-state index contributed by atoms with van der Waals surface area (Å²) in [7, 11) is -4.52. The van der Waals surface area contributed by atoms with Crippen molar-refractivity contribution in [2.24, 2.45) is 5.11 Å². The molecule has 2 heterocycles. The van der Waals surface area contributed by atoms with Crippen molar-refractivity contribution in [3.63, 3.8) is 0 Å². The summed E-state index contributed by atoms with van der Waals surface area (Å²) in [6.45, 7) is 0.710. The molecule has 218 valence electrons. The fourth-order valence-corrected chi connectivity index (χ4v) is 5.74. The molecule has 2 unspecified atom stereocenters. The van der Waals surface area contributed by atoms with Gasteiger partial charge in [0, 0.05) is 17.2 Å². The number of azide groups is 1. The first-order valence-corrected chi connectivity index (χ1v) is 14.9. The Morgan fingerprint density at radius 2 is 2.08 bits per heavy atom. The topological polar surface area (TPSA) is 227 Å². The Hall–Kier alpha value is -3.14. The van der Waals surface area contributed by atoms with E-state index in [0.29, 0.717) is 5.75 Å². The number of nitrogens with one attached hydrogen (secondary N) is 2. The number of rotatable bonds is 14. The van der Waals surface area contributed by atoms with Gasteiger partial charge in [-0.1, -0.05) is 23.3 Å². The van der Waals surface area contributed by atoms with Gasteiger partial charge in [-0.3, -0.25) is 23.7 Å². The van der Waals surface area contributed by atoms with Crippen LogP contribution < -0.4 is 20.9 Å². The number of hydrogen-bond donors (Lipinski definition) is 4. The molecule has 1 aromatic heterocycles. The molecule has 2 aromatic rings. The van der Waals surface area contributed by atoms with E-state index >= 15 is 0 Å². The van der Waals surface area contributed by atoms with Crippen LogP contribution in [-0.4, -0.2) is 74.9 Å². The van der Waals surface area contributed by atoms with E-state index in [4.69, 9.17) is 18.5 Å². The number of aliphatic hydroxyl groups excluding tert-OH is 2. The minimum absolute atomic E-state index is 0.0599. The molecule has 0 aliphatic carbocycles. The summed E-state index contributed by atoms with van der Waals surface area (Å²) >= 11 is 1.43. The molecule has 0 bridgehead atoms. The number of nitrogens with zero attached hydrogens (tertiary/aromatic N) is 4. The van der Waals surface area contributed by atoms with Crippen molar-refractivity contribution >= 4 is 25.5 Å². The molecule has 1 aliphatic rings. The number of aliphatic hydroxyl groups is 2. The van der Waals surface area contributed by atoms with E-state index in [2.05, 4.69) is 15.1 Å². The molecule has 0 radical (unpaired) electrons. The molecule has 1 aromatic carbocycles. The Labute approximate surface area is 231 Å². The molecule has 18 heteroatoms. The van der Waals surface area contributed by atoms with Gasteiger partial charge in [0.2, 0.25) is 5.72 Å². The molecule has 0 saturated carbocycles. The molecule has 6 atom stereocenters. The SMILES string of the molecule is CCOC(=O)[C@H](CCSC)NP(=O)(OCC1(N=[N+]=[N-])O[C@@H](n2ccc(=O)[nH]c2=O)[C@@H](O)[C@H]1O)Oc1ccccc1. The second-order valence-corrected chi connectivity index (χ2v) is 11.1. The van der Waals surface area contributed by atoms with Crippen LogP contribution in [-0.2, 0) is 23.4 Å². The normalized spacial score (nSPS) is 24.4. The molecular weight excluding hydrogens is 571 g/mol. The molecule has 1 fully saturated rings. The van der Waals surface area contributed by atoms with E-state index in [1.165, 1.54) is 23.9 Å². The van der Waals surface area contributed by atoms with Gasteiger partial charge in [0.25, 0.3) is 5.56 Å². The maximum atomic E-state index is 14.0. The Morgan fingerprint density at radius 3 is 2.70 bits per heavy atom. The molecule has 1 saturated heterocycles. The van der Waals surface area contributed by atoms with Gasteiger partial charge in [0.15, 0.2) is 6.23 Å². The predicted molar refractivity (Wildman–Crippen MR) is 143 cm³/mol. The highest BCUT2D eigenvalue weighted by molar-refractivity contribution is 7.98. The zero-order valence-electron chi connectivity index (χ0n) is 21.5. The summed E-state index contributed by atoms with van der Waals surface area (Å²) in [5.74, 6) is -0.144. The number of carbonyl (C=O) groups excluding carboxylic acids is 1. The maximum Gasteiger partial charge on any atom is 0.459 e. The van der Waals surface area contributed by atoms with E-state index in [9.17, 15) is 34.7 Å². The maximum absolute atomic E-state index is 14.0. The monoisotopic (exact) mass is 600 g/mol. The van der Waals surface area contributed by atoms with Crippen molar-refractivity contribution < 1.29 is 38.1 Å². The minimum Gasteiger partial charge on any atom is -0.465 e. The standard InChI is InChI=1S/C22H29N6O10PS/c1-3-35-20(32)15(10-12-40-2)25-39(34,38-14-7-5-4-6-8-14)36-13-22(26-27-23)18(31)17(30)19(37-22)28-11-9-16(29)24-21(28)33/h4-9,11,15,17-19,30-31H,3,10,12-13H2,1-2H3,(H,25,34)(H,24,29,33)/t15-,17-,18+,19+,22?,39?/m0/s1. The number of esters is 1. The van der Waals surface area contributed by atoms with Crippen LogP contribution in [0.3, 0.4) is 0 Å². The lowest BCUT2D eigenvalue weighted by atomic mass is 10.1. The molecule has 16 nitrogen and oxygen atoms in total. The zero-order valence-corrected chi connectivity index (χ0v) is 23.2. The largest absolute Gasteiger partial charge is 0.465 e. The highest BCUT2D eigenvalue weighted by Gasteiger charge is 2.56. The van der Waals surface area contributed by atoms with Crippen LogP contribution in [0.2, 0.25) is 0 Å². The lowest BCUT2D eigenvalue weighted by Crippen LogP contribution is -2.46. The van der Waals surface area contributed by atoms with Crippen LogP contribution >= 0.6 is 19.5 Å². The van der Waals surface area contributed by atoms with E-state index < -0.39 is 61.8 Å². The first-order valence-electron chi connectivity index (χ1n) is 11.9. The number of benzene rings is 1. The number of ether oxygens (including phenoxy) is 2. The van der Waals surface area contributed by atoms with Crippen molar-refractivity contribution in [3.05, 3.63) is 73.9 Å². The lowest BCUT2D eigenvalue weighted by Gasteiger charge is -2.30. The van der Waals surface area contributed by atoms with Gasteiger partial charge in [-0.15, -0.1) is 0 Å². The van der Waals surface area contributed by atoms with Crippen molar-refractivity contribution in [2.45, 2.75) is 43.5 Å². The summed E-state index contributed by atoms with van der Waals surface area (Å²) in [6.07, 6.45) is -2.47. The van der Waals surface area contributed by atoms with Crippen LogP contribution in [0.25, 0.3) is 10.4 Å². The van der Waals surface area contributed by atoms with Crippen LogP contribution in [0, 0.1) is 0 Å². The molecule has 4 N–H and O–H groups in total. The second kappa shape index (κ2) is 14.0. The Balaban J connectivity index is 1.94. The number of carbonyl (C=O) groups is 1. The molecule has 40 heavy (non-hydrogen) atoms. The van der Waals surface area contributed by atoms with Gasteiger partial charge >= 0.3 is 19.4 Å². The van der Waals surface area contributed by atoms with Crippen LogP contribution in [0.5, 0.6) is 5.75 Å². The summed E-state index contributed by atoms with van der Waals surface area (Å²) in [6, 6.07) is 7.69. The van der Waals surface area contributed by atoms with Gasteiger partial charge in [-0.25, -0.2) is 9.36 Å². The Bertz CT molecular complexity index is 1370. The molecule has 0 spiro atoms. The van der Waals surface area contributed by atoms with Gasteiger partial charge in [-0.05, 0) is 43.0 Å². The third-order valence-corrected chi connectivity index (χ3v) is 7.84. The fraction of sp³-hybridized carbons (Fsp3) is 0.500. The number of aromatic nitrogens is 2. The number of aromatic amines is 1. The van der Waals surface area contributed by atoms with Crippen LogP contribution in [0.15, 0.2) is 57.3 Å². The van der Waals surface area contributed by atoms with Crippen molar-refractivity contribution in [3.8, 4) is 5.75 Å². The zero-order chi connectivity index (χ0) is 29.3. The van der Waals surface area contributed by atoms with E-state index in [-0.39, 0.29) is 18.8 Å². The van der Waals surface area contributed by atoms with E-state index in [0.717, 1.165) is 16.8 Å². The Kier molecular flexibility index (Phi) is 11.0. The lowest BCUT2D eigenvalue weighted by molar-refractivity contribution is -0.145. The van der Waals surface area contributed by atoms with Crippen molar-refractivity contribution in [1.82, 2.24) is 14.6 Å². The van der Waals surface area contributed by atoms with Crippen molar-refractivity contribution in [1.29, 1.82) is 0 Å². The molecule has 1 aliphatic heterocycles. The van der Waals surface area contributed by atoms with Gasteiger partial charge in [0.1, 0.15) is 24.0 Å². The summed E-state index contributed by atoms with van der Waals surface area (Å²) < 4.78 is 36.6. The van der Waals surface area contributed by atoms with Gasteiger partial charge < -0.3 is 24.2 Å². The average molecular weight is 601 g/mol. The highest BCUT2D eigenvalue weighted by Crippen LogP contribution is 2.48. The van der Waals surface area contributed by atoms with Crippen LogP contribution in [0.4, 0.5) is 0 Å². The molecule has 0 amide bonds. The molecule has 3 rings (SSSR count). The fourth-order valence-electron chi connectivity index (χ4n) is 3.72. The number of thioether (sulfide) groups is 1. The van der Waals surface area contributed by atoms with Crippen molar-refractivity contribution in [2.75, 3.05) is 25.2 Å². The first-order chi connectivity index (χ1) is 19.1. The summed E-state index contributed by atoms with van der Waals surface area (Å²) in [4.78, 5) is 41.0. The number of H-pyrrole nitrogens is 1. The summed E-state index contributed by atoms with van der Waals surface area (Å²) in [5.41, 5.74) is 5.10. The predicted octanol–water partition coefficient (Wildman–Crippen LogP) is 1.27. The van der Waals surface area contributed by atoms with Gasteiger partial charge in [0.05, 0.1) is 13.2 Å². The summed E-state index contributed by atoms with van der Waals surface area (Å²) in [5, 5.41) is 27.5. The highest BCUT2D eigenvalue weighted by atomic mass is 32.2. The number of hydrogen-bond acceptors (Lipinski definition) is 12. The first kappa shape index (κ1) is 31.4. The molecular formula is C22H29N6O10PS. The second-order valence-electron chi connectivity index (χ2n) is 8.39. The third-order valence-electron chi connectivity index (χ3n) is 5.65. The van der Waals surface area contributed by atoms with E-state index in [1.54, 1.807) is 25.1 Å². The van der Waals surface area contributed by atoms with Crippen LogP contribution in [0.1, 0.15) is 19.6 Å². The number of para-hydroxylation sites is 1.